The lowest BCUT2D eigenvalue weighted by molar-refractivity contribution is -0.198. The van der Waals surface area contributed by atoms with Crippen molar-refractivity contribution in [2.45, 2.75) is 62.3 Å². The number of nitrogens with zero attached hydrogens (tertiary/aromatic N) is 1. The quantitative estimate of drug-likeness (QED) is 0.0414. The van der Waals surface area contributed by atoms with Gasteiger partial charge in [0, 0.05) is 36.8 Å². The van der Waals surface area contributed by atoms with Gasteiger partial charge in [-0.2, -0.15) is 11.8 Å². The minimum absolute atomic E-state index is 0.0345. The summed E-state index contributed by atoms with van der Waals surface area (Å²) in [6.45, 7) is 10.7. The Labute approximate surface area is 380 Å². The number of urea groups is 1. The summed E-state index contributed by atoms with van der Waals surface area (Å²) in [4.78, 5) is 62.8. The highest BCUT2D eigenvalue weighted by atomic mass is 32.2. The molecule has 5 amide bonds. The van der Waals surface area contributed by atoms with Crippen LogP contribution in [0.5, 0.6) is 0 Å². The maximum Gasteiger partial charge on any atom is 0.335 e. The maximum absolute atomic E-state index is 12.1. The molecule has 0 aliphatic carbocycles. The van der Waals surface area contributed by atoms with Gasteiger partial charge in [0.2, 0.25) is 5.91 Å². The number of rotatable bonds is 45. The molecule has 370 valence electrons. The van der Waals surface area contributed by atoms with Crippen molar-refractivity contribution < 1.29 is 85.7 Å². The number of ether oxygens (including phenoxy) is 12. The third kappa shape index (κ3) is 28.3. The number of hydrogen-bond donors (Lipinski definition) is 3. The topological polar surface area (TPSA) is 245 Å². The van der Waals surface area contributed by atoms with E-state index < -0.39 is 17.8 Å². The first-order valence-electron chi connectivity index (χ1n) is 22.4. The second-order valence-electron chi connectivity index (χ2n) is 14.4. The molecule has 0 saturated carbocycles. The summed E-state index contributed by atoms with van der Waals surface area (Å²) < 4.78 is 65.5. The zero-order valence-electron chi connectivity index (χ0n) is 37.3. The molecule has 0 aromatic heterocycles. The molecule has 3 atom stereocenters. The molecular weight excluding hydrogens is 869 g/mol. The summed E-state index contributed by atoms with van der Waals surface area (Å²) in [5, 5.41) is 9.78. The predicted molar refractivity (Wildman–Crippen MR) is 229 cm³/mol. The average Bonchev–Trinajstić information content (AvgIpc) is 3.95. The molecule has 3 aliphatic rings. The Hall–Kier alpha value is -2.78. The van der Waals surface area contributed by atoms with Crippen molar-refractivity contribution in [3.05, 3.63) is 0 Å². The molecule has 64 heavy (non-hydrogen) atoms. The van der Waals surface area contributed by atoms with Crippen LogP contribution in [0.1, 0.15) is 44.9 Å². The fraction of sp³-hybridized carbons (Fsp3) is 0.878. The van der Waals surface area contributed by atoms with Crippen molar-refractivity contribution in [3.63, 3.8) is 0 Å². The van der Waals surface area contributed by atoms with E-state index in [0.29, 0.717) is 169 Å². The first-order chi connectivity index (χ1) is 31.4. The number of carbonyl (C=O) groups excluding carboxylic acids is 5. The summed E-state index contributed by atoms with van der Waals surface area (Å²) in [7, 11) is 0. The normalized spacial score (nSPS) is 18.2. The van der Waals surface area contributed by atoms with Gasteiger partial charge in [0.1, 0.15) is 0 Å². The van der Waals surface area contributed by atoms with Crippen LogP contribution in [-0.2, 0) is 80.9 Å². The van der Waals surface area contributed by atoms with E-state index in [1.165, 1.54) is 0 Å². The summed E-state index contributed by atoms with van der Waals surface area (Å²) in [6, 6.07) is 0.384. The number of thioether (sulfide) groups is 1. The van der Waals surface area contributed by atoms with E-state index in [9.17, 15) is 24.0 Å². The Balaban J connectivity index is 0.881. The molecule has 23 heteroatoms. The van der Waals surface area contributed by atoms with Gasteiger partial charge in [-0.25, -0.2) is 9.59 Å². The van der Waals surface area contributed by atoms with Crippen LogP contribution in [-0.4, -0.2) is 223 Å². The van der Waals surface area contributed by atoms with Crippen molar-refractivity contribution in [2.75, 3.05) is 171 Å². The lowest BCUT2D eigenvalue weighted by Crippen LogP contribution is -2.36. The van der Waals surface area contributed by atoms with E-state index in [2.05, 4.69) is 16.0 Å². The second-order valence-corrected chi connectivity index (χ2v) is 15.6. The van der Waals surface area contributed by atoms with Gasteiger partial charge in [-0.05, 0) is 12.8 Å². The summed E-state index contributed by atoms with van der Waals surface area (Å²) >= 11 is 1.90. The first kappa shape index (κ1) is 55.5. The molecule has 3 rings (SSSR count). The lowest BCUT2D eigenvalue weighted by Gasteiger charge is -2.16. The monoisotopic (exact) mass is 940 g/mol. The number of amides is 5. The van der Waals surface area contributed by atoms with Gasteiger partial charge in [-0.15, -0.1) is 5.06 Å². The molecule has 3 N–H and O–H groups in total. The standard InChI is InChI=1S/C41H72N4O18S/c46-36(4-2-1-3-35-40-34(33-64-35)43-41(50)44-40)42-8-10-52-12-14-54-16-18-56-20-22-58-24-26-60-28-30-62-32-31-61-29-27-59-25-23-57-21-19-55-17-15-53-13-11-51-9-7-39(49)63-45-37(47)5-6-38(45)48/h34-35,40H,1-33H2,(H,42,46)(H2,43,44,50)/t34-,35+,40-/m1/s1. The predicted octanol–water partition coefficient (Wildman–Crippen LogP) is 0.0249. The van der Waals surface area contributed by atoms with Gasteiger partial charge >= 0.3 is 12.0 Å². The van der Waals surface area contributed by atoms with Gasteiger partial charge in [0.05, 0.1) is 177 Å². The lowest BCUT2D eigenvalue weighted by atomic mass is 10.0. The van der Waals surface area contributed by atoms with E-state index in [-0.39, 0.29) is 56.5 Å². The van der Waals surface area contributed by atoms with Crippen LogP contribution in [0, 0.1) is 0 Å². The summed E-state index contributed by atoms with van der Waals surface area (Å²) in [6.07, 6.45) is 3.33. The van der Waals surface area contributed by atoms with Crippen LogP contribution in [0.3, 0.4) is 0 Å². The van der Waals surface area contributed by atoms with Crippen LogP contribution < -0.4 is 16.0 Å². The van der Waals surface area contributed by atoms with E-state index in [0.717, 1.165) is 25.0 Å². The maximum atomic E-state index is 12.1. The SMILES string of the molecule is O=C(CCCC[C@@H]1SC[C@H]2NC(=O)N[C@@H]12)NCCOCCOCCOCCOCCOCCOCCOCCOCCOCCOCCOCCOCCC(=O)ON1C(=O)CCC1=O. The highest BCUT2D eigenvalue weighted by molar-refractivity contribution is 8.00. The summed E-state index contributed by atoms with van der Waals surface area (Å²) in [5.41, 5.74) is 0. The number of imide groups is 1. The number of unbranched alkanes of at least 4 members (excludes halogenated alkanes) is 1. The highest BCUT2D eigenvalue weighted by Crippen LogP contribution is 2.33. The Morgan fingerprint density at radius 2 is 0.906 bits per heavy atom. The molecule has 3 fully saturated rings. The van der Waals surface area contributed by atoms with Gasteiger partial charge in [-0.3, -0.25) is 14.4 Å². The minimum Gasteiger partial charge on any atom is -0.378 e. The average molecular weight is 941 g/mol. The number of hydrogen-bond acceptors (Lipinski definition) is 19. The van der Waals surface area contributed by atoms with E-state index in [1.54, 1.807) is 0 Å². The Bertz CT molecular complexity index is 1250. The largest absolute Gasteiger partial charge is 0.378 e. The van der Waals surface area contributed by atoms with Crippen molar-refractivity contribution in [1.82, 2.24) is 21.0 Å². The zero-order chi connectivity index (χ0) is 45.6. The molecule has 0 bridgehead atoms. The van der Waals surface area contributed by atoms with Gasteiger partial charge in [-0.1, -0.05) is 6.42 Å². The van der Waals surface area contributed by atoms with Crippen molar-refractivity contribution in [1.29, 1.82) is 0 Å². The smallest absolute Gasteiger partial charge is 0.335 e. The Morgan fingerprint density at radius 1 is 0.516 bits per heavy atom. The molecule has 0 aromatic carbocycles. The molecule has 3 saturated heterocycles. The van der Waals surface area contributed by atoms with E-state index >= 15 is 0 Å². The van der Waals surface area contributed by atoms with Crippen LogP contribution in [0.15, 0.2) is 0 Å². The van der Waals surface area contributed by atoms with Crippen molar-refractivity contribution >= 4 is 41.5 Å². The number of fused-ring (bicyclic) bond motifs is 1. The van der Waals surface area contributed by atoms with Gasteiger partial charge in [0.15, 0.2) is 0 Å². The Morgan fingerprint density at radius 3 is 1.33 bits per heavy atom. The van der Waals surface area contributed by atoms with Crippen molar-refractivity contribution in [3.8, 4) is 0 Å². The van der Waals surface area contributed by atoms with Crippen LogP contribution >= 0.6 is 11.8 Å². The number of hydroxylamine groups is 2. The molecule has 3 aliphatic heterocycles. The molecule has 0 spiro atoms. The van der Waals surface area contributed by atoms with Crippen LogP contribution in [0.4, 0.5) is 4.79 Å². The third-order valence-corrected chi connectivity index (χ3v) is 10.9. The number of carbonyl (C=O) groups is 5. The second kappa shape index (κ2) is 38.3. The first-order valence-corrected chi connectivity index (χ1v) is 23.4. The van der Waals surface area contributed by atoms with Gasteiger partial charge in [0.25, 0.3) is 11.8 Å². The zero-order valence-corrected chi connectivity index (χ0v) is 38.1. The third-order valence-electron chi connectivity index (χ3n) is 9.39. The van der Waals surface area contributed by atoms with Crippen LogP contribution in [0.25, 0.3) is 0 Å². The highest BCUT2D eigenvalue weighted by Gasteiger charge is 2.42. The Kier molecular flexibility index (Phi) is 33.3. The molecule has 0 aromatic rings. The minimum atomic E-state index is -0.704. The molecular formula is C41H72N4O18S. The van der Waals surface area contributed by atoms with Gasteiger partial charge < -0.3 is 77.6 Å². The fourth-order valence-electron chi connectivity index (χ4n) is 6.11. The fourth-order valence-corrected chi connectivity index (χ4v) is 7.65. The van der Waals surface area contributed by atoms with E-state index in [4.69, 9.17) is 61.7 Å². The summed E-state index contributed by atoms with van der Waals surface area (Å²) in [5.74, 6) is -0.746. The molecule has 22 nitrogen and oxygen atoms in total. The molecule has 0 unspecified atom stereocenters. The van der Waals surface area contributed by atoms with Crippen LogP contribution in [0.2, 0.25) is 0 Å². The molecule has 0 radical (unpaired) electrons. The van der Waals surface area contributed by atoms with Crippen molar-refractivity contribution in [2.24, 2.45) is 0 Å². The molecule has 3 heterocycles. The van der Waals surface area contributed by atoms with E-state index in [1.807, 2.05) is 11.8 Å². The number of nitrogens with one attached hydrogen (secondary N) is 3.